The predicted molar refractivity (Wildman–Crippen MR) is 53.2 cm³/mol. The minimum atomic E-state index is 0.823. The van der Waals surface area contributed by atoms with E-state index in [9.17, 15) is 0 Å². The molecule has 0 aliphatic carbocycles. The van der Waals surface area contributed by atoms with Crippen LogP contribution in [0.2, 0.25) is 0 Å². The Balaban J connectivity index is 2.23. The molecule has 0 aromatic rings. The summed E-state index contributed by atoms with van der Waals surface area (Å²) in [6.45, 7) is 7.29. The van der Waals surface area contributed by atoms with Gasteiger partial charge in [-0.3, -0.25) is 0 Å². The highest BCUT2D eigenvalue weighted by atomic mass is 79.9. The van der Waals surface area contributed by atoms with Gasteiger partial charge >= 0.3 is 0 Å². The fourth-order valence-electron chi connectivity index (χ4n) is 1.96. The van der Waals surface area contributed by atoms with Gasteiger partial charge in [0, 0.05) is 17.9 Å². The van der Waals surface area contributed by atoms with Crippen LogP contribution in [-0.2, 0) is 0 Å². The maximum atomic E-state index is 3.47. The first-order valence-electron chi connectivity index (χ1n) is 4.54. The van der Waals surface area contributed by atoms with Crippen LogP contribution in [0.15, 0.2) is 0 Å². The molecule has 0 N–H and O–H groups in total. The minimum absolute atomic E-state index is 0.823. The summed E-state index contributed by atoms with van der Waals surface area (Å²) in [6.07, 6.45) is 2.68. The van der Waals surface area contributed by atoms with E-state index >= 15 is 0 Å². The van der Waals surface area contributed by atoms with Gasteiger partial charge in [0.25, 0.3) is 0 Å². The van der Waals surface area contributed by atoms with Crippen molar-refractivity contribution >= 4 is 15.9 Å². The van der Waals surface area contributed by atoms with E-state index in [0.29, 0.717) is 0 Å². The predicted octanol–water partition coefficient (Wildman–Crippen LogP) is 2.50. The monoisotopic (exact) mass is 219 g/mol. The fourth-order valence-corrected chi connectivity index (χ4v) is 2.21. The van der Waals surface area contributed by atoms with Crippen LogP contribution in [0.5, 0.6) is 0 Å². The molecule has 11 heavy (non-hydrogen) atoms. The molecule has 66 valence electrons. The minimum Gasteiger partial charge on any atom is -0.300 e. The highest BCUT2D eigenvalue weighted by Crippen LogP contribution is 2.22. The molecule has 0 aromatic carbocycles. The average molecular weight is 220 g/mol. The smallest absolute Gasteiger partial charge is 0.00700 e. The Morgan fingerprint density at radius 2 is 2.18 bits per heavy atom. The second kappa shape index (κ2) is 4.46. The number of nitrogens with zero attached hydrogens (tertiary/aromatic N) is 1. The molecular weight excluding hydrogens is 202 g/mol. The molecule has 2 atom stereocenters. The van der Waals surface area contributed by atoms with Crippen LogP contribution in [-0.4, -0.2) is 29.4 Å². The summed E-state index contributed by atoms with van der Waals surface area (Å²) >= 11 is 3.47. The molecule has 1 rings (SSSR count). The van der Waals surface area contributed by atoms with Crippen molar-refractivity contribution in [2.45, 2.75) is 32.7 Å². The summed E-state index contributed by atoms with van der Waals surface area (Å²) < 4.78 is 0. The Kier molecular flexibility index (Phi) is 3.86. The zero-order chi connectivity index (χ0) is 8.27. The lowest BCUT2D eigenvalue weighted by Gasteiger charge is -2.19. The van der Waals surface area contributed by atoms with E-state index in [1.54, 1.807) is 0 Å². The molecule has 1 aliphatic rings. The number of alkyl halides is 1. The Morgan fingerprint density at radius 1 is 1.45 bits per heavy atom. The molecule has 2 heteroatoms. The third-order valence-corrected chi connectivity index (χ3v) is 3.05. The van der Waals surface area contributed by atoms with Gasteiger partial charge in [-0.05, 0) is 32.2 Å². The SMILES string of the molecule is CC1CC(C)N(CCCBr)C1. The molecule has 0 aromatic heterocycles. The molecule has 0 saturated carbocycles. The van der Waals surface area contributed by atoms with Gasteiger partial charge in [0.2, 0.25) is 0 Å². The van der Waals surface area contributed by atoms with Crippen molar-refractivity contribution in [1.82, 2.24) is 4.90 Å². The van der Waals surface area contributed by atoms with E-state index in [1.807, 2.05) is 0 Å². The van der Waals surface area contributed by atoms with Crippen molar-refractivity contribution in [3.05, 3.63) is 0 Å². The van der Waals surface area contributed by atoms with Gasteiger partial charge in [-0.15, -0.1) is 0 Å². The van der Waals surface area contributed by atoms with Crippen molar-refractivity contribution in [2.75, 3.05) is 18.4 Å². The molecular formula is C9H18BrN. The summed E-state index contributed by atoms with van der Waals surface area (Å²) in [6, 6.07) is 0.823. The third kappa shape index (κ3) is 2.75. The first-order chi connectivity index (χ1) is 5.24. The quantitative estimate of drug-likeness (QED) is 0.660. The van der Waals surface area contributed by atoms with Crippen molar-refractivity contribution in [2.24, 2.45) is 5.92 Å². The topological polar surface area (TPSA) is 3.24 Å². The lowest BCUT2D eigenvalue weighted by Crippen LogP contribution is -2.28. The highest BCUT2D eigenvalue weighted by Gasteiger charge is 2.24. The molecule has 1 nitrogen and oxygen atoms in total. The Morgan fingerprint density at radius 3 is 2.64 bits per heavy atom. The lowest BCUT2D eigenvalue weighted by molar-refractivity contribution is 0.267. The zero-order valence-corrected chi connectivity index (χ0v) is 9.10. The summed E-state index contributed by atoms with van der Waals surface area (Å²) in [4.78, 5) is 2.60. The molecule has 2 unspecified atom stereocenters. The molecule has 1 fully saturated rings. The fraction of sp³-hybridized carbons (Fsp3) is 1.00. The Bertz CT molecular complexity index is 116. The van der Waals surface area contributed by atoms with Gasteiger partial charge in [-0.2, -0.15) is 0 Å². The summed E-state index contributed by atoms with van der Waals surface area (Å²) in [5.74, 6) is 0.917. The van der Waals surface area contributed by atoms with Gasteiger partial charge in [0.1, 0.15) is 0 Å². The molecule has 0 spiro atoms. The first kappa shape index (κ1) is 9.53. The van der Waals surface area contributed by atoms with Crippen LogP contribution >= 0.6 is 15.9 Å². The summed E-state index contributed by atoms with van der Waals surface area (Å²) in [5.41, 5.74) is 0. The van der Waals surface area contributed by atoms with E-state index in [1.165, 1.54) is 25.9 Å². The second-order valence-electron chi connectivity index (χ2n) is 3.73. The maximum absolute atomic E-state index is 3.47. The number of hydrogen-bond donors (Lipinski definition) is 0. The second-order valence-corrected chi connectivity index (χ2v) is 4.52. The zero-order valence-electron chi connectivity index (χ0n) is 7.52. The van der Waals surface area contributed by atoms with Crippen LogP contribution in [0.25, 0.3) is 0 Å². The van der Waals surface area contributed by atoms with Crippen LogP contribution in [0.3, 0.4) is 0 Å². The van der Waals surface area contributed by atoms with Crippen molar-refractivity contribution in [3.63, 3.8) is 0 Å². The van der Waals surface area contributed by atoms with E-state index in [-0.39, 0.29) is 0 Å². The van der Waals surface area contributed by atoms with Gasteiger partial charge in [-0.1, -0.05) is 22.9 Å². The molecule has 1 heterocycles. The van der Waals surface area contributed by atoms with E-state index < -0.39 is 0 Å². The first-order valence-corrected chi connectivity index (χ1v) is 5.66. The van der Waals surface area contributed by atoms with Gasteiger partial charge in [-0.25, -0.2) is 0 Å². The van der Waals surface area contributed by atoms with Crippen LogP contribution in [0.4, 0.5) is 0 Å². The third-order valence-electron chi connectivity index (χ3n) is 2.49. The lowest BCUT2D eigenvalue weighted by atomic mass is 10.1. The maximum Gasteiger partial charge on any atom is 0.00700 e. The summed E-state index contributed by atoms with van der Waals surface area (Å²) in [5, 5.41) is 1.14. The van der Waals surface area contributed by atoms with Crippen LogP contribution in [0.1, 0.15) is 26.7 Å². The molecule has 0 radical (unpaired) electrons. The van der Waals surface area contributed by atoms with Crippen molar-refractivity contribution < 1.29 is 0 Å². The normalized spacial score (nSPS) is 33.0. The number of likely N-dealkylation sites (tertiary alicyclic amines) is 1. The van der Waals surface area contributed by atoms with Crippen LogP contribution in [0, 0.1) is 5.92 Å². The molecule has 1 aliphatic heterocycles. The van der Waals surface area contributed by atoms with Crippen molar-refractivity contribution in [3.8, 4) is 0 Å². The van der Waals surface area contributed by atoms with Crippen LogP contribution < -0.4 is 0 Å². The highest BCUT2D eigenvalue weighted by molar-refractivity contribution is 9.09. The number of halogens is 1. The molecule has 0 bridgehead atoms. The van der Waals surface area contributed by atoms with E-state index in [0.717, 1.165) is 17.3 Å². The van der Waals surface area contributed by atoms with Gasteiger partial charge in [0.15, 0.2) is 0 Å². The van der Waals surface area contributed by atoms with E-state index in [4.69, 9.17) is 0 Å². The molecule has 1 saturated heterocycles. The largest absolute Gasteiger partial charge is 0.300 e. The van der Waals surface area contributed by atoms with Gasteiger partial charge in [0.05, 0.1) is 0 Å². The Labute approximate surface area is 78.3 Å². The summed E-state index contributed by atoms with van der Waals surface area (Å²) in [7, 11) is 0. The number of rotatable bonds is 3. The van der Waals surface area contributed by atoms with Crippen molar-refractivity contribution in [1.29, 1.82) is 0 Å². The Hall–Kier alpha value is 0.440. The van der Waals surface area contributed by atoms with E-state index in [2.05, 4.69) is 34.7 Å². The molecule has 0 amide bonds. The average Bonchev–Trinajstić information content (AvgIpc) is 2.26. The number of hydrogen-bond acceptors (Lipinski definition) is 1. The van der Waals surface area contributed by atoms with Gasteiger partial charge < -0.3 is 4.90 Å². The standard InChI is InChI=1S/C9H18BrN/c1-8-6-9(2)11(7-8)5-3-4-10/h8-9H,3-7H2,1-2H3.